The van der Waals surface area contributed by atoms with Crippen LogP contribution in [0.15, 0.2) is 0 Å². The van der Waals surface area contributed by atoms with E-state index in [0.717, 1.165) is 19.4 Å². The maximum absolute atomic E-state index is 12.1. The van der Waals surface area contributed by atoms with Gasteiger partial charge in [0.25, 0.3) is 0 Å². The molecule has 2 aliphatic rings. The van der Waals surface area contributed by atoms with E-state index in [1.165, 1.54) is 0 Å². The molecule has 0 atom stereocenters. The predicted octanol–water partition coefficient (Wildman–Crippen LogP) is 1.86. The number of carbonyl (C=O) groups is 2. The van der Waals surface area contributed by atoms with Gasteiger partial charge in [0.15, 0.2) is 0 Å². The largest absolute Gasteiger partial charge is 0.444 e. The first-order valence-electron chi connectivity index (χ1n) is 7.70. The van der Waals surface area contributed by atoms with Crippen LogP contribution in [-0.2, 0) is 9.53 Å². The predicted molar refractivity (Wildman–Crippen MR) is 79.5 cm³/mol. The highest BCUT2D eigenvalue weighted by atomic mass is 16.6. The first-order valence-corrected chi connectivity index (χ1v) is 7.70. The molecule has 0 aromatic carbocycles. The van der Waals surface area contributed by atoms with Crippen LogP contribution in [0.25, 0.3) is 0 Å². The fraction of sp³-hybridized carbons (Fsp3) is 0.867. The second kappa shape index (κ2) is 5.48. The fourth-order valence-electron chi connectivity index (χ4n) is 3.35. The van der Waals surface area contributed by atoms with Crippen molar-refractivity contribution >= 4 is 12.0 Å². The van der Waals surface area contributed by atoms with Crippen molar-refractivity contribution in [2.24, 2.45) is 0 Å². The van der Waals surface area contributed by atoms with Gasteiger partial charge in [0, 0.05) is 33.1 Å². The lowest BCUT2D eigenvalue weighted by Gasteiger charge is -2.44. The van der Waals surface area contributed by atoms with Crippen molar-refractivity contribution in [1.82, 2.24) is 14.9 Å². The van der Waals surface area contributed by atoms with Crippen LogP contribution < -0.4 is 0 Å². The Morgan fingerprint density at radius 2 is 1.86 bits per heavy atom. The van der Waals surface area contributed by atoms with E-state index in [4.69, 9.17) is 4.74 Å². The first-order chi connectivity index (χ1) is 9.68. The van der Waals surface area contributed by atoms with Crippen molar-refractivity contribution in [1.29, 1.82) is 0 Å². The Kier molecular flexibility index (Phi) is 4.19. The third kappa shape index (κ3) is 3.15. The Balaban J connectivity index is 2.00. The average Bonchev–Trinajstić information content (AvgIpc) is 2.59. The molecule has 0 radical (unpaired) electrons. The summed E-state index contributed by atoms with van der Waals surface area (Å²) in [7, 11) is 1.83. The Morgan fingerprint density at radius 3 is 2.33 bits per heavy atom. The van der Waals surface area contributed by atoms with Crippen molar-refractivity contribution in [2.75, 3.05) is 26.7 Å². The van der Waals surface area contributed by atoms with Crippen molar-refractivity contribution in [3.8, 4) is 0 Å². The second-order valence-corrected chi connectivity index (χ2v) is 7.00. The molecule has 0 saturated carbocycles. The smallest absolute Gasteiger partial charge is 0.410 e. The quantitative estimate of drug-likeness (QED) is 0.741. The topological polar surface area (TPSA) is 53.1 Å². The van der Waals surface area contributed by atoms with Gasteiger partial charge in [0.2, 0.25) is 5.91 Å². The van der Waals surface area contributed by atoms with E-state index in [1.807, 2.05) is 27.8 Å². The SMILES string of the molecule is CCN1N(C)C(=O)CC12CCN(C(=O)OC(C)(C)C)CC2. The van der Waals surface area contributed by atoms with Gasteiger partial charge in [-0.25, -0.2) is 9.80 Å². The number of rotatable bonds is 1. The molecule has 2 amide bonds. The van der Waals surface area contributed by atoms with Crippen LogP contribution in [0.4, 0.5) is 4.79 Å². The zero-order chi connectivity index (χ0) is 15.8. The zero-order valence-corrected chi connectivity index (χ0v) is 13.8. The number of piperidine rings is 1. The van der Waals surface area contributed by atoms with E-state index in [0.29, 0.717) is 19.5 Å². The standard InChI is InChI=1S/C15H27N3O3/c1-6-18-15(11-12(19)16(18)5)7-9-17(10-8-15)13(20)21-14(2,3)4/h6-11H2,1-5H3. The second-order valence-electron chi connectivity index (χ2n) is 7.00. The summed E-state index contributed by atoms with van der Waals surface area (Å²) in [5, 5.41) is 3.89. The van der Waals surface area contributed by atoms with Gasteiger partial charge >= 0.3 is 6.09 Å². The highest BCUT2D eigenvalue weighted by Crippen LogP contribution is 2.38. The summed E-state index contributed by atoms with van der Waals surface area (Å²) >= 11 is 0. The van der Waals surface area contributed by atoms with Crippen LogP contribution in [0, 0.1) is 0 Å². The molecule has 2 aliphatic heterocycles. The molecular weight excluding hydrogens is 270 g/mol. The van der Waals surface area contributed by atoms with Crippen molar-refractivity contribution in [3.63, 3.8) is 0 Å². The molecule has 2 fully saturated rings. The summed E-state index contributed by atoms with van der Waals surface area (Å²) in [6.07, 6.45) is 1.93. The number of likely N-dealkylation sites (tertiary alicyclic amines) is 1. The molecule has 0 aromatic heterocycles. The molecule has 21 heavy (non-hydrogen) atoms. The van der Waals surface area contributed by atoms with E-state index in [9.17, 15) is 9.59 Å². The molecule has 6 nitrogen and oxygen atoms in total. The lowest BCUT2D eigenvalue weighted by Crippen LogP contribution is -2.55. The average molecular weight is 297 g/mol. The number of ether oxygens (including phenoxy) is 1. The lowest BCUT2D eigenvalue weighted by atomic mass is 9.85. The van der Waals surface area contributed by atoms with Crippen LogP contribution in [-0.4, -0.2) is 64.7 Å². The van der Waals surface area contributed by atoms with Crippen molar-refractivity contribution in [2.45, 2.75) is 58.1 Å². The molecule has 1 spiro atoms. The molecular formula is C15H27N3O3. The summed E-state index contributed by atoms with van der Waals surface area (Å²) in [4.78, 5) is 25.9. The summed E-state index contributed by atoms with van der Waals surface area (Å²) in [6, 6.07) is 0. The lowest BCUT2D eigenvalue weighted by molar-refractivity contribution is -0.138. The van der Waals surface area contributed by atoms with E-state index in [2.05, 4.69) is 11.9 Å². The number of nitrogens with zero attached hydrogens (tertiary/aromatic N) is 3. The molecule has 6 heteroatoms. The number of hydrazine groups is 1. The monoisotopic (exact) mass is 297 g/mol. The Bertz CT molecular complexity index is 422. The maximum atomic E-state index is 12.1. The number of carbonyl (C=O) groups excluding carboxylic acids is 2. The van der Waals surface area contributed by atoms with Gasteiger partial charge in [0.1, 0.15) is 5.60 Å². The van der Waals surface area contributed by atoms with E-state index in [-0.39, 0.29) is 17.5 Å². The number of hydrogen-bond acceptors (Lipinski definition) is 4. The third-order valence-corrected chi connectivity index (χ3v) is 4.40. The molecule has 0 bridgehead atoms. The first kappa shape index (κ1) is 16.1. The molecule has 0 N–H and O–H groups in total. The van der Waals surface area contributed by atoms with Gasteiger partial charge in [-0.3, -0.25) is 9.80 Å². The summed E-state index contributed by atoms with van der Waals surface area (Å²) in [6.45, 7) is 9.80. The van der Waals surface area contributed by atoms with Gasteiger partial charge in [-0.2, -0.15) is 0 Å². The van der Waals surface area contributed by atoms with Crippen LogP contribution in [0.2, 0.25) is 0 Å². The number of amides is 2. The third-order valence-electron chi connectivity index (χ3n) is 4.40. The molecule has 2 rings (SSSR count). The van der Waals surface area contributed by atoms with Gasteiger partial charge in [0.05, 0.1) is 5.54 Å². The zero-order valence-electron chi connectivity index (χ0n) is 13.8. The van der Waals surface area contributed by atoms with Crippen molar-refractivity contribution in [3.05, 3.63) is 0 Å². The van der Waals surface area contributed by atoms with E-state index >= 15 is 0 Å². The van der Waals surface area contributed by atoms with Crippen LogP contribution >= 0.6 is 0 Å². The minimum absolute atomic E-state index is 0.112. The van der Waals surface area contributed by atoms with Gasteiger partial charge in [-0.15, -0.1) is 0 Å². The summed E-state index contributed by atoms with van der Waals surface area (Å²) in [5.41, 5.74) is -0.579. The summed E-state index contributed by atoms with van der Waals surface area (Å²) < 4.78 is 5.42. The number of hydrogen-bond donors (Lipinski definition) is 0. The highest BCUT2D eigenvalue weighted by molar-refractivity contribution is 5.79. The van der Waals surface area contributed by atoms with Crippen molar-refractivity contribution < 1.29 is 14.3 Å². The molecule has 2 saturated heterocycles. The molecule has 0 aliphatic carbocycles. The Labute approximate surface area is 127 Å². The van der Waals surface area contributed by atoms with E-state index < -0.39 is 5.60 Å². The highest BCUT2D eigenvalue weighted by Gasteiger charge is 2.49. The van der Waals surface area contributed by atoms with Gasteiger partial charge < -0.3 is 9.64 Å². The normalized spacial score (nSPS) is 23.0. The minimum atomic E-state index is -0.467. The van der Waals surface area contributed by atoms with Gasteiger partial charge in [-0.05, 0) is 33.6 Å². The maximum Gasteiger partial charge on any atom is 0.410 e. The van der Waals surface area contributed by atoms with Crippen LogP contribution in [0.5, 0.6) is 0 Å². The molecule has 0 aromatic rings. The van der Waals surface area contributed by atoms with Gasteiger partial charge in [-0.1, -0.05) is 6.92 Å². The Hall–Kier alpha value is -1.30. The minimum Gasteiger partial charge on any atom is -0.444 e. The van der Waals surface area contributed by atoms with E-state index in [1.54, 1.807) is 9.91 Å². The molecule has 0 unspecified atom stereocenters. The van der Waals surface area contributed by atoms with Crippen LogP contribution in [0.1, 0.15) is 47.0 Å². The Morgan fingerprint density at radius 1 is 1.29 bits per heavy atom. The van der Waals surface area contributed by atoms with Crippen LogP contribution in [0.3, 0.4) is 0 Å². The molecule has 2 heterocycles. The molecule has 120 valence electrons. The summed E-state index contributed by atoms with van der Waals surface area (Å²) in [5.74, 6) is 0.169. The fourth-order valence-corrected chi connectivity index (χ4v) is 3.35.